The Bertz CT molecular complexity index is 1240. The van der Waals surface area contributed by atoms with Crippen molar-refractivity contribution in [2.45, 2.75) is 6.61 Å². The van der Waals surface area contributed by atoms with E-state index in [4.69, 9.17) is 26.3 Å². The van der Waals surface area contributed by atoms with Gasteiger partial charge in [0, 0.05) is 37.8 Å². The lowest BCUT2D eigenvalue weighted by Crippen LogP contribution is -2.37. The molecule has 0 spiro atoms. The molecule has 4 aromatic rings. The number of ether oxygens (including phenoxy) is 1. The average molecular weight is 465 g/mol. The summed E-state index contributed by atoms with van der Waals surface area (Å²) in [6.45, 7) is 1.30. The smallest absolute Gasteiger partial charge is 0.316 e. The third-order valence-electron chi connectivity index (χ3n) is 4.87. The zero-order valence-corrected chi connectivity index (χ0v) is 19.2. The number of fused-ring (bicyclic) bond motifs is 1. The van der Waals surface area contributed by atoms with Crippen LogP contribution in [0.2, 0.25) is 5.02 Å². The van der Waals surface area contributed by atoms with E-state index in [1.807, 2.05) is 48.5 Å². The molecule has 3 N–H and O–H groups in total. The van der Waals surface area contributed by atoms with Gasteiger partial charge in [-0.25, -0.2) is 14.8 Å². The van der Waals surface area contributed by atoms with Crippen LogP contribution in [0.15, 0.2) is 60.7 Å². The number of carbonyl (C=O) groups is 1. The van der Waals surface area contributed by atoms with Crippen molar-refractivity contribution in [3.63, 3.8) is 0 Å². The summed E-state index contributed by atoms with van der Waals surface area (Å²) in [6.07, 6.45) is 0. The molecule has 0 saturated heterocycles. The number of anilines is 1. The molecule has 0 aliphatic rings. The number of urea groups is 1. The summed E-state index contributed by atoms with van der Waals surface area (Å²) in [5, 5.41) is 7.63. The summed E-state index contributed by atoms with van der Waals surface area (Å²) >= 11 is 6.04. The van der Waals surface area contributed by atoms with Crippen LogP contribution in [0.4, 0.5) is 10.6 Å². The normalized spacial score (nSPS) is 10.8. The molecule has 8 nitrogen and oxygen atoms in total. The first kappa shape index (κ1) is 22.4. The maximum Gasteiger partial charge on any atom is 0.316 e. The van der Waals surface area contributed by atoms with Gasteiger partial charge in [0.25, 0.3) is 0 Å². The van der Waals surface area contributed by atoms with Crippen molar-refractivity contribution in [1.29, 1.82) is 0 Å². The quantitative estimate of drug-likeness (QED) is 0.333. The molecule has 170 valence electrons. The molecule has 0 bridgehead atoms. The monoisotopic (exact) mass is 464 g/mol. The van der Waals surface area contributed by atoms with E-state index in [9.17, 15) is 4.79 Å². The van der Waals surface area contributed by atoms with Gasteiger partial charge in [0.05, 0.1) is 11.1 Å². The number of rotatable bonds is 8. The number of nitrogens with one attached hydrogen (secondary N) is 3. The minimum absolute atomic E-state index is 0.142. The molecule has 0 atom stereocenters. The second-order valence-electron chi connectivity index (χ2n) is 7.62. The van der Waals surface area contributed by atoms with Gasteiger partial charge in [-0.3, -0.25) is 0 Å². The number of hydrogen-bond acceptors (Lipinski definition) is 5. The first-order valence-corrected chi connectivity index (χ1v) is 10.9. The van der Waals surface area contributed by atoms with Crippen LogP contribution in [0.5, 0.6) is 5.75 Å². The molecule has 2 amide bonds. The third-order valence-corrected chi connectivity index (χ3v) is 5.10. The van der Waals surface area contributed by atoms with Crippen LogP contribution in [-0.4, -0.2) is 53.1 Å². The van der Waals surface area contributed by atoms with Crippen molar-refractivity contribution in [2.24, 2.45) is 0 Å². The summed E-state index contributed by atoms with van der Waals surface area (Å²) in [5.74, 6) is 1.97. The highest BCUT2D eigenvalue weighted by Crippen LogP contribution is 2.26. The molecule has 33 heavy (non-hydrogen) atoms. The summed E-state index contributed by atoms with van der Waals surface area (Å²) in [4.78, 5) is 26.0. The second-order valence-corrected chi connectivity index (χ2v) is 8.05. The van der Waals surface area contributed by atoms with Gasteiger partial charge in [-0.2, -0.15) is 0 Å². The van der Waals surface area contributed by atoms with E-state index >= 15 is 0 Å². The number of nitrogens with zero attached hydrogens (tertiary/aromatic N) is 3. The van der Waals surface area contributed by atoms with Crippen LogP contribution in [0, 0.1) is 0 Å². The maximum absolute atomic E-state index is 11.8. The molecule has 0 saturated carbocycles. The Kier molecular flexibility index (Phi) is 6.95. The van der Waals surface area contributed by atoms with Crippen LogP contribution < -0.4 is 15.4 Å². The fraction of sp³-hybridized carbons (Fsp3) is 0.208. The van der Waals surface area contributed by atoms with Gasteiger partial charge in [-0.1, -0.05) is 48.0 Å². The maximum atomic E-state index is 11.8. The number of H-pyrrole nitrogens is 1. The van der Waals surface area contributed by atoms with Crippen molar-refractivity contribution in [3.05, 3.63) is 71.4 Å². The Hall–Kier alpha value is -3.78. The number of halogens is 1. The fourth-order valence-electron chi connectivity index (χ4n) is 3.22. The minimum Gasteiger partial charge on any atom is -0.487 e. The highest BCUT2D eigenvalue weighted by molar-refractivity contribution is 6.30. The van der Waals surface area contributed by atoms with E-state index in [-0.39, 0.29) is 6.03 Å². The Morgan fingerprint density at radius 3 is 2.64 bits per heavy atom. The van der Waals surface area contributed by atoms with Crippen LogP contribution >= 0.6 is 11.6 Å². The molecular formula is C24H25ClN6O2. The fourth-order valence-corrected chi connectivity index (χ4v) is 3.40. The lowest BCUT2D eigenvalue weighted by Gasteiger charge is -2.13. The minimum atomic E-state index is -0.142. The summed E-state index contributed by atoms with van der Waals surface area (Å²) in [5.41, 5.74) is 2.47. The number of aromatic nitrogens is 3. The molecule has 0 unspecified atom stereocenters. The van der Waals surface area contributed by atoms with Crippen molar-refractivity contribution in [1.82, 2.24) is 25.2 Å². The van der Waals surface area contributed by atoms with Gasteiger partial charge in [0.2, 0.25) is 0 Å². The lowest BCUT2D eigenvalue weighted by atomic mass is 10.2. The molecule has 9 heteroatoms. The van der Waals surface area contributed by atoms with E-state index in [0.717, 1.165) is 16.6 Å². The largest absolute Gasteiger partial charge is 0.487 e. The van der Waals surface area contributed by atoms with Gasteiger partial charge in [-0.15, -0.1) is 0 Å². The number of hydrogen-bond donors (Lipinski definition) is 3. The van der Waals surface area contributed by atoms with Gasteiger partial charge < -0.3 is 25.3 Å². The van der Waals surface area contributed by atoms with Crippen molar-refractivity contribution in [3.8, 4) is 17.1 Å². The first-order chi connectivity index (χ1) is 16.0. The van der Waals surface area contributed by atoms with E-state index in [1.165, 1.54) is 4.90 Å². The molecule has 0 aliphatic carbocycles. The predicted octanol–water partition coefficient (Wildman–Crippen LogP) is 4.54. The Balaban J connectivity index is 1.57. The molecule has 2 aromatic carbocycles. The highest BCUT2D eigenvalue weighted by atomic mass is 35.5. The van der Waals surface area contributed by atoms with Crippen molar-refractivity contribution in [2.75, 3.05) is 32.5 Å². The van der Waals surface area contributed by atoms with Crippen molar-refractivity contribution < 1.29 is 9.53 Å². The second kappa shape index (κ2) is 10.2. The lowest BCUT2D eigenvalue weighted by molar-refractivity contribution is 0.218. The number of carbonyl (C=O) groups excluding carboxylic acids is 1. The van der Waals surface area contributed by atoms with Gasteiger partial charge in [-0.05, 0) is 24.3 Å². The number of amides is 2. The van der Waals surface area contributed by atoms with E-state index in [2.05, 4.69) is 15.6 Å². The molecular weight excluding hydrogens is 440 g/mol. The standard InChI is InChI=1S/C24H25ClN6O2/c1-31(2)24(32)27-12-11-26-22-20-14-18(15-33-19-10-6-9-17(25)13-19)28-23(20)30-21(29-22)16-7-4-3-5-8-16/h3-10,13-14H,11-12,15H2,1-2H3,(H,27,32)(H2,26,28,29,30). The Morgan fingerprint density at radius 2 is 1.88 bits per heavy atom. The SMILES string of the molecule is CN(C)C(=O)NCCNc1nc(-c2ccccc2)nc2[nH]c(COc3cccc(Cl)c3)cc12. The van der Waals surface area contributed by atoms with Gasteiger partial charge >= 0.3 is 6.03 Å². The highest BCUT2D eigenvalue weighted by Gasteiger charge is 2.13. The molecule has 4 rings (SSSR count). The molecule has 2 heterocycles. The number of benzene rings is 2. The molecule has 0 fully saturated rings. The molecule has 2 aromatic heterocycles. The Morgan fingerprint density at radius 1 is 1.06 bits per heavy atom. The zero-order valence-electron chi connectivity index (χ0n) is 18.4. The van der Waals surface area contributed by atoms with Gasteiger partial charge in [0.1, 0.15) is 23.8 Å². The first-order valence-electron chi connectivity index (χ1n) is 10.5. The summed E-state index contributed by atoms with van der Waals surface area (Å²) in [7, 11) is 3.41. The number of aromatic amines is 1. The Labute approximate surface area is 197 Å². The molecule has 0 radical (unpaired) electrons. The zero-order chi connectivity index (χ0) is 23.2. The van der Waals surface area contributed by atoms with Crippen LogP contribution in [0.3, 0.4) is 0 Å². The topological polar surface area (TPSA) is 95.2 Å². The summed E-state index contributed by atoms with van der Waals surface area (Å²) < 4.78 is 5.87. The summed E-state index contributed by atoms with van der Waals surface area (Å²) in [6, 6.07) is 18.9. The predicted molar refractivity (Wildman–Crippen MR) is 131 cm³/mol. The third kappa shape index (κ3) is 5.72. The van der Waals surface area contributed by atoms with Crippen LogP contribution in [0.1, 0.15) is 5.69 Å². The van der Waals surface area contributed by atoms with Gasteiger partial charge in [0.15, 0.2) is 5.82 Å². The van der Waals surface area contributed by atoms with E-state index in [0.29, 0.717) is 47.8 Å². The van der Waals surface area contributed by atoms with E-state index < -0.39 is 0 Å². The van der Waals surface area contributed by atoms with Crippen LogP contribution in [0.25, 0.3) is 22.4 Å². The van der Waals surface area contributed by atoms with Crippen molar-refractivity contribution >= 4 is 34.5 Å². The average Bonchev–Trinajstić information content (AvgIpc) is 3.24. The van der Waals surface area contributed by atoms with Crippen LogP contribution in [-0.2, 0) is 6.61 Å². The molecule has 0 aliphatic heterocycles. The van der Waals surface area contributed by atoms with E-state index in [1.54, 1.807) is 26.2 Å².